The Balaban J connectivity index is 0. The van der Waals surface area contributed by atoms with Gasteiger partial charge in [0.05, 0.1) is 20.6 Å². The van der Waals surface area contributed by atoms with Crippen molar-refractivity contribution in [2.24, 2.45) is 0 Å². The van der Waals surface area contributed by atoms with Crippen LogP contribution in [-0.4, -0.2) is 42.7 Å². The maximum atomic E-state index is 10.7. The van der Waals surface area contributed by atoms with Crippen LogP contribution >= 0.6 is 0 Å². The van der Waals surface area contributed by atoms with Crippen molar-refractivity contribution < 1.29 is 26.8 Å². The molecule has 0 aliphatic rings. The second-order valence-corrected chi connectivity index (χ2v) is 6.39. The predicted molar refractivity (Wildman–Crippen MR) is 81.3 cm³/mol. The molecule has 0 amide bonds. The van der Waals surface area contributed by atoms with Gasteiger partial charge in [0.25, 0.3) is 0 Å². The van der Waals surface area contributed by atoms with Crippen molar-refractivity contribution in [1.82, 2.24) is 0 Å². The van der Waals surface area contributed by atoms with E-state index in [9.17, 15) is 4.79 Å². The Bertz CT molecular complexity index is 233. The van der Waals surface area contributed by atoms with Gasteiger partial charge in [0.1, 0.15) is 0 Å². The van der Waals surface area contributed by atoms with Gasteiger partial charge in [0.15, 0.2) is 6.54 Å². The van der Waals surface area contributed by atoms with Gasteiger partial charge in [-0.05, 0) is 12.8 Å². The molecule has 0 spiro atoms. The zero-order valence-corrected chi connectivity index (χ0v) is 14.4. The van der Waals surface area contributed by atoms with Crippen molar-refractivity contribution in [2.45, 2.75) is 71.1 Å². The fraction of sp³-hybridized carbons (Fsp3) is 0.938. The second kappa shape index (κ2) is 13.7. The molecule has 0 aliphatic carbocycles. The highest BCUT2D eigenvalue weighted by atomic mass is 35.5. The van der Waals surface area contributed by atoms with E-state index in [2.05, 4.69) is 6.92 Å². The Morgan fingerprint density at radius 2 is 1.25 bits per heavy atom. The van der Waals surface area contributed by atoms with E-state index in [0.717, 1.165) is 13.0 Å². The highest BCUT2D eigenvalue weighted by molar-refractivity contribution is 5.67. The zero-order chi connectivity index (χ0) is 14.6. The van der Waals surface area contributed by atoms with E-state index in [1.807, 2.05) is 14.1 Å². The summed E-state index contributed by atoms with van der Waals surface area (Å²) in [6, 6.07) is 0. The summed E-state index contributed by atoms with van der Waals surface area (Å²) in [5, 5.41) is 8.79. The van der Waals surface area contributed by atoms with Crippen molar-refractivity contribution in [3.8, 4) is 0 Å². The van der Waals surface area contributed by atoms with E-state index in [1.165, 1.54) is 57.8 Å². The summed E-state index contributed by atoms with van der Waals surface area (Å²) in [6.45, 7) is 3.46. The van der Waals surface area contributed by atoms with Gasteiger partial charge in [-0.2, -0.15) is 0 Å². The quantitative estimate of drug-likeness (QED) is 0.408. The zero-order valence-electron chi connectivity index (χ0n) is 13.7. The molecular weight excluding hydrogens is 274 g/mol. The smallest absolute Gasteiger partial charge is 0.359 e. The van der Waals surface area contributed by atoms with Crippen LogP contribution in [0.5, 0.6) is 0 Å². The molecule has 0 aliphatic heterocycles. The van der Waals surface area contributed by atoms with Crippen LogP contribution in [0.15, 0.2) is 0 Å². The maximum Gasteiger partial charge on any atom is 0.359 e. The standard InChI is InChI=1S/C16H33NO2.ClH/c1-4-5-6-7-8-9-10-11-12-13-14-17(2,3)15-16(18)19;/h4-15H2,1-3H3;1H. The Morgan fingerprint density at radius 3 is 1.65 bits per heavy atom. The van der Waals surface area contributed by atoms with E-state index in [0.29, 0.717) is 4.48 Å². The number of nitrogens with zero attached hydrogens (tertiary/aromatic N) is 1. The number of quaternary nitrogens is 1. The Kier molecular flexibility index (Phi) is 15.1. The van der Waals surface area contributed by atoms with Crippen LogP contribution in [0, 0.1) is 0 Å². The molecular formula is C16H34ClNO2. The van der Waals surface area contributed by atoms with Crippen molar-refractivity contribution in [3.63, 3.8) is 0 Å². The van der Waals surface area contributed by atoms with E-state index in [-0.39, 0.29) is 19.0 Å². The van der Waals surface area contributed by atoms with Crippen molar-refractivity contribution in [3.05, 3.63) is 0 Å². The molecule has 0 fully saturated rings. The van der Waals surface area contributed by atoms with Gasteiger partial charge in [-0.1, -0.05) is 58.3 Å². The molecule has 0 bridgehead atoms. The molecule has 0 radical (unpaired) electrons. The Labute approximate surface area is 131 Å². The number of carboxylic acid groups (broad SMARTS) is 1. The number of halogens is 1. The van der Waals surface area contributed by atoms with Gasteiger partial charge >= 0.3 is 5.97 Å². The number of unbranched alkanes of at least 4 members (excludes halogenated alkanes) is 9. The molecule has 0 saturated carbocycles. The highest BCUT2D eigenvalue weighted by Gasteiger charge is 2.18. The third kappa shape index (κ3) is 15.8. The number of carbonyl (C=O) groups is 1. The first-order chi connectivity index (χ1) is 8.98. The topological polar surface area (TPSA) is 37.3 Å². The molecule has 122 valence electrons. The van der Waals surface area contributed by atoms with Crippen LogP contribution in [-0.2, 0) is 4.79 Å². The first-order valence-corrected chi connectivity index (χ1v) is 8.02. The van der Waals surface area contributed by atoms with Crippen LogP contribution in [0.4, 0.5) is 0 Å². The van der Waals surface area contributed by atoms with E-state index < -0.39 is 5.97 Å². The molecule has 0 aromatic rings. The molecule has 0 aromatic carbocycles. The number of rotatable bonds is 13. The molecule has 3 nitrogen and oxygen atoms in total. The van der Waals surface area contributed by atoms with E-state index >= 15 is 0 Å². The summed E-state index contributed by atoms with van der Waals surface area (Å²) in [7, 11) is 4.00. The molecule has 0 unspecified atom stereocenters. The lowest BCUT2D eigenvalue weighted by Gasteiger charge is -2.27. The van der Waals surface area contributed by atoms with Crippen molar-refractivity contribution in [2.75, 3.05) is 27.2 Å². The van der Waals surface area contributed by atoms with Gasteiger partial charge in [0, 0.05) is 0 Å². The summed E-state index contributed by atoms with van der Waals surface area (Å²) in [5.41, 5.74) is 0. The Morgan fingerprint density at radius 1 is 0.850 bits per heavy atom. The van der Waals surface area contributed by atoms with Crippen LogP contribution in [0.2, 0.25) is 0 Å². The van der Waals surface area contributed by atoms with Crippen LogP contribution in [0.3, 0.4) is 0 Å². The first kappa shape index (κ1) is 22.0. The first-order valence-electron chi connectivity index (χ1n) is 8.02. The SMILES string of the molecule is CCCCCCCCCCCC[N+](C)(C)CC(=O)O.[Cl-]. The van der Waals surface area contributed by atoms with Gasteiger partial charge in [-0.3, -0.25) is 0 Å². The average Bonchev–Trinajstić information content (AvgIpc) is 2.30. The molecule has 0 rings (SSSR count). The van der Waals surface area contributed by atoms with Crippen LogP contribution in [0.25, 0.3) is 0 Å². The highest BCUT2D eigenvalue weighted by Crippen LogP contribution is 2.11. The largest absolute Gasteiger partial charge is 1.00 e. The number of carboxylic acids is 1. The normalized spacial score (nSPS) is 11.2. The maximum absolute atomic E-state index is 10.7. The van der Waals surface area contributed by atoms with Gasteiger partial charge in [-0.15, -0.1) is 0 Å². The fourth-order valence-corrected chi connectivity index (χ4v) is 2.47. The molecule has 0 atom stereocenters. The second-order valence-electron chi connectivity index (χ2n) is 6.39. The third-order valence-corrected chi connectivity index (χ3v) is 3.68. The lowest BCUT2D eigenvalue weighted by Crippen LogP contribution is -3.00. The number of hydrogen-bond donors (Lipinski definition) is 1. The summed E-state index contributed by atoms with van der Waals surface area (Å²) in [6.07, 6.45) is 13.3. The minimum atomic E-state index is -0.697. The summed E-state index contributed by atoms with van der Waals surface area (Å²) >= 11 is 0. The number of aliphatic carboxylic acids is 1. The minimum absolute atomic E-state index is 0. The van der Waals surface area contributed by atoms with Gasteiger partial charge in [0.2, 0.25) is 0 Å². The van der Waals surface area contributed by atoms with Crippen LogP contribution in [0.1, 0.15) is 71.1 Å². The lowest BCUT2D eigenvalue weighted by molar-refractivity contribution is -0.883. The average molecular weight is 308 g/mol. The molecule has 0 heterocycles. The summed E-state index contributed by atoms with van der Waals surface area (Å²) in [5.74, 6) is -0.697. The number of likely N-dealkylation sites (N-methyl/N-ethyl adjacent to an activating group) is 1. The monoisotopic (exact) mass is 307 g/mol. The molecule has 0 aromatic heterocycles. The van der Waals surface area contributed by atoms with Gasteiger partial charge < -0.3 is 22.0 Å². The van der Waals surface area contributed by atoms with Crippen molar-refractivity contribution >= 4 is 5.97 Å². The van der Waals surface area contributed by atoms with Crippen LogP contribution < -0.4 is 12.4 Å². The lowest BCUT2D eigenvalue weighted by atomic mass is 10.1. The molecule has 20 heavy (non-hydrogen) atoms. The minimum Gasteiger partial charge on any atom is -1.00 e. The molecule has 0 saturated heterocycles. The van der Waals surface area contributed by atoms with Crippen molar-refractivity contribution in [1.29, 1.82) is 0 Å². The Hall–Kier alpha value is -0.280. The number of hydrogen-bond acceptors (Lipinski definition) is 1. The summed E-state index contributed by atoms with van der Waals surface area (Å²) < 4.78 is 0.604. The predicted octanol–water partition coefficient (Wildman–Crippen LogP) is 1.07. The van der Waals surface area contributed by atoms with Gasteiger partial charge in [-0.25, -0.2) is 4.79 Å². The molecule has 4 heteroatoms. The fourth-order valence-electron chi connectivity index (χ4n) is 2.47. The van der Waals surface area contributed by atoms with E-state index in [1.54, 1.807) is 0 Å². The summed E-state index contributed by atoms with van der Waals surface area (Å²) in [4.78, 5) is 10.7. The third-order valence-electron chi connectivity index (χ3n) is 3.68. The molecule has 1 N–H and O–H groups in total. The van der Waals surface area contributed by atoms with E-state index in [4.69, 9.17) is 5.11 Å².